The number of rotatable bonds is 5. The molecule has 0 radical (unpaired) electrons. The molecule has 0 heterocycles. The molecular formula is C24H20Cl2N2O2. The van der Waals surface area contributed by atoms with Gasteiger partial charge in [0.05, 0.1) is 10.7 Å². The lowest BCUT2D eigenvalue weighted by Gasteiger charge is -2.14. The van der Waals surface area contributed by atoms with Crippen molar-refractivity contribution in [2.75, 3.05) is 18.9 Å². The number of alkyl carbamates (subject to hydrolysis) is 1. The van der Waals surface area contributed by atoms with Crippen LogP contribution in [0.4, 0.5) is 10.5 Å². The van der Waals surface area contributed by atoms with E-state index in [0.29, 0.717) is 27.8 Å². The van der Waals surface area contributed by atoms with E-state index in [-0.39, 0.29) is 12.5 Å². The lowest BCUT2D eigenvalue weighted by Crippen LogP contribution is -2.26. The first-order chi connectivity index (χ1) is 14.5. The molecule has 0 atom stereocenters. The first kappa shape index (κ1) is 20.3. The van der Waals surface area contributed by atoms with E-state index in [1.807, 2.05) is 24.3 Å². The summed E-state index contributed by atoms with van der Waals surface area (Å²) in [6, 6.07) is 19.8. The molecule has 0 unspecified atom stereocenters. The average molecular weight is 439 g/mol. The third kappa shape index (κ3) is 4.16. The van der Waals surface area contributed by atoms with Crippen LogP contribution in [-0.2, 0) is 4.74 Å². The number of amides is 1. The Hall–Kier alpha value is -2.95. The summed E-state index contributed by atoms with van der Waals surface area (Å²) in [5.74, 6) is 0.0343. The molecule has 1 aliphatic carbocycles. The number of fused-ring (bicyclic) bond motifs is 3. The van der Waals surface area contributed by atoms with Gasteiger partial charge in [-0.25, -0.2) is 4.79 Å². The van der Waals surface area contributed by atoms with Crippen molar-refractivity contribution in [3.05, 3.63) is 93.5 Å². The summed E-state index contributed by atoms with van der Waals surface area (Å²) in [7, 11) is 0. The van der Waals surface area contributed by atoms with Gasteiger partial charge in [0.2, 0.25) is 0 Å². The molecule has 3 aromatic rings. The number of nitrogens with one attached hydrogen (secondary N) is 1. The van der Waals surface area contributed by atoms with Crippen LogP contribution in [-0.4, -0.2) is 19.2 Å². The van der Waals surface area contributed by atoms with Crippen molar-refractivity contribution in [3.8, 4) is 11.1 Å². The maximum Gasteiger partial charge on any atom is 0.407 e. The van der Waals surface area contributed by atoms with Crippen LogP contribution in [0.5, 0.6) is 0 Å². The topological polar surface area (TPSA) is 64.3 Å². The Morgan fingerprint density at radius 2 is 1.67 bits per heavy atom. The van der Waals surface area contributed by atoms with Crippen LogP contribution in [0.25, 0.3) is 17.2 Å². The molecule has 1 aliphatic rings. The van der Waals surface area contributed by atoms with Gasteiger partial charge in [-0.3, -0.25) is 0 Å². The average Bonchev–Trinajstić information content (AvgIpc) is 3.07. The van der Waals surface area contributed by atoms with Gasteiger partial charge in [0.15, 0.2) is 0 Å². The summed E-state index contributed by atoms with van der Waals surface area (Å²) in [6.07, 6.45) is 3.05. The lowest BCUT2D eigenvalue weighted by molar-refractivity contribution is 0.144. The minimum absolute atomic E-state index is 0.0343. The lowest BCUT2D eigenvalue weighted by atomic mass is 9.98. The molecule has 0 aromatic heterocycles. The molecule has 30 heavy (non-hydrogen) atoms. The molecule has 4 nitrogen and oxygen atoms in total. The number of hydrogen-bond donors (Lipinski definition) is 2. The number of nitrogen functional groups attached to an aromatic ring is 1. The van der Waals surface area contributed by atoms with Gasteiger partial charge in [0.1, 0.15) is 6.61 Å². The fourth-order valence-corrected chi connectivity index (χ4v) is 4.23. The van der Waals surface area contributed by atoms with Crippen LogP contribution in [0.3, 0.4) is 0 Å². The van der Waals surface area contributed by atoms with Crippen LogP contribution in [0, 0.1) is 0 Å². The summed E-state index contributed by atoms with van der Waals surface area (Å²) in [5.41, 5.74) is 11.8. The molecule has 3 aromatic carbocycles. The zero-order valence-corrected chi connectivity index (χ0v) is 17.6. The summed E-state index contributed by atoms with van der Waals surface area (Å²) in [5, 5.41) is 3.61. The molecule has 6 heteroatoms. The van der Waals surface area contributed by atoms with E-state index in [4.69, 9.17) is 33.7 Å². The van der Waals surface area contributed by atoms with Gasteiger partial charge in [0.25, 0.3) is 0 Å². The number of hydrogen-bond acceptors (Lipinski definition) is 3. The van der Waals surface area contributed by atoms with Crippen LogP contribution >= 0.6 is 23.2 Å². The zero-order chi connectivity index (χ0) is 21.1. The van der Waals surface area contributed by atoms with Gasteiger partial charge in [-0.1, -0.05) is 83.9 Å². The van der Waals surface area contributed by atoms with Crippen LogP contribution in [0.2, 0.25) is 10.0 Å². The van der Waals surface area contributed by atoms with E-state index in [9.17, 15) is 4.79 Å². The minimum Gasteiger partial charge on any atom is -0.449 e. The van der Waals surface area contributed by atoms with Crippen molar-refractivity contribution in [2.45, 2.75) is 5.92 Å². The van der Waals surface area contributed by atoms with Gasteiger partial charge >= 0.3 is 6.09 Å². The number of benzene rings is 3. The van der Waals surface area contributed by atoms with Gasteiger partial charge in [0, 0.05) is 23.0 Å². The summed E-state index contributed by atoms with van der Waals surface area (Å²) in [6.45, 7) is 0.570. The Labute approximate surface area is 185 Å². The van der Waals surface area contributed by atoms with E-state index in [2.05, 4.69) is 29.6 Å². The molecule has 3 N–H and O–H groups in total. The normalized spacial score (nSPS) is 12.6. The number of nitrogens with two attached hydrogens (primary N) is 1. The fraction of sp³-hybridized carbons (Fsp3) is 0.125. The second kappa shape index (κ2) is 8.82. The van der Waals surface area contributed by atoms with Gasteiger partial charge in [-0.05, 0) is 34.4 Å². The number of carbonyl (C=O) groups excluding carboxylic acids is 1. The second-order valence-corrected chi connectivity index (χ2v) is 7.84. The Balaban J connectivity index is 1.35. The molecule has 0 aliphatic heterocycles. The summed E-state index contributed by atoms with van der Waals surface area (Å²) in [4.78, 5) is 12.2. The highest BCUT2D eigenvalue weighted by Gasteiger charge is 2.28. The first-order valence-electron chi connectivity index (χ1n) is 9.54. The van der Waals surface area contributed by atoms with Crippen molar-refractivity contribution in [1.29, 1.82) is 0 Å². The molecule has 0 fully saturated rings. The molecule has 0 bridgehead atoms. The van der Waals surface area contributed by atoms with Crippen LogP contribution < -0.4 is 11.1 Å². The molecule has 1 amide bonds. The predicted molar refractivity (Wildman–Crippen MR) is 123 cm³/mol. The first-order valence-corrected chi connectivity index (χ1v) is 10.3. The van der Waals surface area contributed by atoms with E-state index in [1.54, 1.807) is 24.3 Å². The highest BCUT2D eigenvalue weighted by atomic mass is 35.5. The SMILES string of the molecule is Nc1c(Cl)cc(Cl)cc1C=CCNC(=O)OCC1c2ccccc2-c2ccccc21. The van der Waals surface area contributed by atoms with Gasteiger partial charge in [-0.15, -0.1) is 0 Å². The minimum atomic E-state index is -0.474. The summed E-state index contributed by atoms with van der Waals surface area (Å²) >= 11 is 12.0. The van der Waals surface area contributed by atoms with Crippen molar-refractivity contribution >= 4 is 41.1 Å². The Bertz CT molecular complexity index is 1080. The maximum atomic E-state index is 12.2. The van der Waals surface area contributed by atoms with Gasteiger partial charge < -0.3 is 15.8 Å². The van der Waals surface area contributed by atoms with E-state index in [1.165, 1.54) is 22.3 Å². The van der Waals surface area contributed by atoms with Crippen LogP contribution in [0.15, 0.2) is 66.7 Å². The number of anilines is 1. The van der Waals surface area contributed by atoms with Crippen molar-refractivity contribution in [2.24, 2.45) is 0 Å². The summed E-state index contributed by atoms with van der Waals surface area (Å²) < 4.78 is 5.50. The van der Waals surface area contributed by atoms with Crippen molar-refractivity contribution in [3.63, 3.8) is 0 Å². The second-order valence-electron chi connectivity index (χ2n) is 7.00. The molecule has 0 saturated carbocycles. The number of halogens is 2. The fourth-order valence-electron chi connectivity index (χ4n) is 3.72. The Morgan fingerprint density at radius 1 is 1.03 bits per heavy atom. The number of carbonyl (C=O) groups is 1. The molecule has 0 spiro atoms. The molecule has 0 saturated heterocycles. The highest BCUT2D eigenvalue weighted by Crippen LogP contribution is 2.44. The van der Waals surface area contributed by atoms with Crippen molar-refractivity contribution in [1.82, 2.24) is 5.32 Å². The largest absolute Gasteiger partial charge is 0.449 e. The highest BCUT2D eigenvalue weighted by molar-refractivity contribution is 6.36. The zero-order valence-electron chi connectivity index (χ0n) is 16.1. The monoisotopic (exact) mass is 438 g/mol. The van der Waals surface area contributed by atoms with Crippen molar-refractivity contribution < 1.29 is 9.53 Å². The van der Waals surface area contributed by atoms with Crippen LogP contribution in [0.1, 0.15) is 22.6 Å². The molecule has 152 valence electrons. The maximum absolute atomic E-state index is 12.2. The predicted octanol–water partition coefficient (Wildman–Crippen LogP) is 6.13. The van der Waals surface area contributed by atoms with E-state index >= 15 is 0 Å². The molecule has 4 rings (SSSR count). The standard InChI is InChI=1S/C24H20Cl2N2O2/c25-16-12-15(23(27)22(26)13-16)6-5-11-28-24(29)30-14-21-19-9-3-1-7-17(19)18-8-2-4-10-20(18)21/h1-10,12-13,21H,11,14,27H2,(H,28,29). The Kier molecular flexibility index (Phi) is 5.98. The smallest absolute Gasteiger partial charge is 0.407 e. The third-order valence-corrected chi connectivity index (χ3v) is 5.66. The quantitative estimate of drug-likeness (QED) is 0.471. The van der Waals surface area contributed by atoms with E-state index < -0.39 is 6.09 Å². The third-order valence-electron chi connectivity index (χ3n) is 5.13. The Morgan fingerprint density at radius 3 is 2.33 bits per heavy atom. The van der Waals surface area contributed by atoms with E-state index in [0.717, 1.165) is 0 Å². The van der Waals surface area contributed by atoms with Gasteiger partial charge in [-0.2, -0.15) is 0 Å². The molecular weight excluding hydrogens is 419 g/mol. The number of ether oxygens (including phenoxy) is 1.